The van der Waals surface area contributed by atoms with Crippen molar-refractivity contribution in [3.05, 3.63) is 0 Å². The van der Waals surface area contributed by atoms with Crippen molar-refractivity contribution in [2.24, 2.45) is 10.8 Å². The van der Waals surface area contributed by atoms with Gasteiger partial charge < -0.3 is 0 Å². The summed E-state index contributed by atoms with van der Waals surface area (Å²) in [4.78, 5) is 0. The summed E-state index contributed by atoms with van der Waals surface area (Å²) < 4.78 is 0. The molecule has 0 aliphatic heterocycles. The average Bonchev–Trinajstić information content (AvgIpc) is 2.16. The van der Waals surface area contributed by atoms with Gasteiger partial charge in [-0.05, 0) is 49.4 Å². The molecule has 3 rings (SSSR count). The molecule has 3 aliphatic rings. The Labute approximate surface area is 63.0 Å². The molecule has 0 aromatic rings. The van der Waals surface area contributed by atoms with Gasteiger partial charge in [0.25, 0.3) is 0 Å². The summed E-state index contributed by atoms with van der Waals surface area (Å²) in [6.07, 6.45) is 12.7. The monoisotopic (exact) mass is 136 g/mol. The highest BCUT2D eigenvalue weighted by molar-refractivity contribution is 5.13. The van der Waals surface area contributed by atoms with E-state index in [2.05, 4.69) is 0 Å². The van der Waals surface area contributed by atoms with E-state index in [1.807, 2.05) is 0 Å². The van der Waals surface area contributed by atoms with Crippen LogP contribution in [0.2, 0.25) is 0 Å². The standard InChI is InChI=1S/C10H16/c1-3-9-5-2-6-10(9,4-1)8-7-9/h1-8H2. The first-order valence-corrected chi connectivity index (χ1v) is 4.87. The predicted molar refractivity (Wildman–Crippen MR) is 41.8 cm³/mol. The van der Waals surface area contributed by atoms with Crippen molar-refractivity contribution < 1.29 is 0 Å². The van der Waals surface area contributed by atoms with Crippen LogP contribution >= 0.6 is 0 Å². The maximum Gasteiger partial charge on any atom is -0.0241 e. The quantitative estimate of drug-likeness (QED) is 0.480. The average molecular weight is 136 g/mol. The number of hydrogen-bond acceptors (Lipinski definition) is 0. The van der Waals surface area contributed by atoms with Crippen LogP contribution in [-0.2, 0) is 0 Å². The van der Waals surface area contributed by atoms with Gasteiger partial charge in [0, 0.05) is 0 Å². The summed E-state index contributed by atoms with van der Waals surface area (Å²) in [5, 5.41) is 0. The molecule has 56 valence electrons. The van der Waals surface area contributed by atoms with Gasteiger partial charge in [-0.1, -0.05) is 12.8 Å². The molecule has 0 spiro atoms. The molecular weight excluding hydrogens is 120 g/mol. The Kier molecular flexibility index (Phi) is 0.810. The predicted octanol–water partition coefficient (Wildman–Crippen LogP) is 3.12. The van der Waals surface area contributed by atoms with E-state index in [1.165, 1.54) is 0 Å². The van der Waals surface area contributed by atoms with Crippen molar-refractivity contribution >= 4 is 0 Å². The van der Waals surface area contributed by atoms with Gasteiger partial charge in [-0.2, -0.15) is 0 Å². The molecule has 0 aromatic carbocycles. The largest absolute Gasteiger partial charge is 0.0522 e. The Morgan fingerprint density at radius 2 is 0.900 bits per heavy atom. The van der Waals surface area contributed by atoms with Crippen LogP contribution in [0.3, 0.4) is 0 Å². The first-order chi connectivity index (χ1) is 4.87. The van der Waals surface area contributed by atoms with Crippen molar-refractivity contribution in [1.82, 2.24) is 0 Å². The van der Waals surface area contributed by atoms with Crippen LogP contribution in [0, 0.1) is 10.8 Å². The van der Waals surface area contributed by atoms with Gasteiger partial charge in [0.1, 0.15) is 0 Å². The molecule has 0 heteroatoms. The second kappa shape index (κ2) is 1.44. The lowest BCUT2D eigenvalue weighted by Gasteiger charge is -2.51. The lowest BCUT2D eigenvalue weighted by molar-refractivity contribution is -0.0164. The summed E-state index contributed by atoms with van der Waals surface area (Å²) in [5.74, 6) is 0. The van der Waals surface area contributed by atoms with E-state index in [9.17, 15) is 0 Å². The van der Waals surface area contributed by atoms with Gasteiger partial charge in [-0.25, -0.2) is 0 Å². The van der Waals surface area contributed by atoms with Crippen LogP contribution in [-0.4, -0.2) is 0 Å². The van der Waals surface area contributed by atoms with Gasteiger partial charge in [0.05, 0.1) is 0 Å². The summed E-state index contributed by atoms with van der Waals surface area (Å²) in [5.41, 5.74) is 1.85. The Morgan fingerprint density at radius 3 is 1.20 bits per heavy atom. The minimum absolute atomic E-state index is 0.924. The molecule has 0 atom stereocenters. The van der Waals surface area contributed by atoms with Gasteiger partial charge in [0.2, 0.25) is 0 Å². The normalized spacial score (nSPS) is 57.6. The topological polar surface area (TPSA) is 0 Å². The molecule has 0 bridgehead atoms. The summed E-state index contributed by atoms with van der Waals surface area (Å²) >= 11 is 0. The zero-order chi connectivity index (χ0) is 6.66. The highest BCUT2D eigenvalue weighted by atomic mass is 14.7. The molecule has 0 amide bonds. The SMILES string of the molecule is C1CC23CCCC2(C1)CC3. The Hall–Kier alpha value is 0. The first kappa shape index (κ1) is 5.62. The highest BCUT2D eigenvalue weighted by Gasteiger charge is 2.62. The summed E-state index contributed by atoms with van der Waals surface area (Å²) in [6.45, 7) is 0. The molecule has 3 saturated carbocycles. The molecule has 0 saturated heterocycles. The molecule has 0 aromatic heterocycles. The van der Waals surface area contributed by atoms with Crippen LogP contribution in [0.4, 0.5) is 0 Å². The molecule has 3 aliphatic carbocycles. The fourth-order valence-corrected chi connectivity index (χ4v) is 4.17. The Balaban J connectivity index is 2.05. The maximum absolute atomic E-state index is 1.59. The second-order valence-electron chi connectivity index (χ2n) is 4.77. The Morgan fingerprint density at radius 1 is 0.500 bits per heavy atom. The van der Waals surface area contributed by atoms with E-state index in [4.69, 9.17) is 0 Å². The van der Waals surface area contributed by atoms with Gasteiger partial charge >= 0.3 is 0 Å². The van der Waals surface area contributed by atoms with Crippen LogP contribution in [0.1, 0.15) is 51.4 Å². The number of rotatable bonds is 0. The highest BCUT2D eigenvalue weighted by Crippen LogP contribution is 2.74. The fourth-order valence-electron chi connectivity index (χ4n) is 4.17. The third-order valence-electron chi connectivity index (χ3n) is 4.83. The van der Waals surface area contributed by atoms with Crippen molar-refractivity contribution in [1.29, 1.82) is 0 Å². The van der Waals surface area contributed by atoms with Gasteiger partial charge in [-0.15, -0.1) is 0 Å². The third kappa shape index (κ3) is 0.383. The van der Waals surface area contributed by atoms with E-state index in [0.29, 0.717) is 0 Å². The Bertz CT molecular complexity index is 141. The van der Waals surface area contributed by atoms with Crippen molar-refractivity contribution in [2.75, 3.05) is 0 Å². The zero-order valence-corrected chi connectivity index (χ0v) is 6.66. The molecule has 10 heavy (non-hydrogen) atoms. The van der Waals surface area contributed by atoms with Crippen molar-refractivity contribution in [3.8, 4) is 0 Å². The molecular formula is C10H16. The van der Waals surface area contributed by atoms with Crippen LogP contribution < -0.4 is 0 Å². The number of hydrogen-bond donors (Lipinski definition) is 0. The third-order valence-corrected chi connectivity index (χ3v) is 4.83. The first-order valence-electron chi connectivity index (χ1n) is 4.87. The molecule has 0 unspecified atom stereocenters. The van der Waals surface area contributed by atoms with E-state index in [0.717, 1.165) is 10.8 Å². The molecule has 0 heterocycles. The van der Waals surface area contributed by atoms with Gasteiger partial charge in [-0.3, -0.25) is 0 Å². The smallest absolute Gasteiger partial charge is 0.0241 e. The molecule has 3 fully saturated rings. The maximum atomic E-state index is 1.59. The lowest BCUT2D eigenvalue weighted by atomic mass is 9.53. The summed E-state index contributed by atoms with van der Waals surface area (Å²) in [7, 11) is 0. The minimum atomic E-state index is 0.924. The molecule has 0 N–H and O–H groups in total. The van der Waals surface area contributed by atoms with Gasteiger partial charge in [0.15, 0.2) is 0 Å². The van der Waals surface area contributed by atoms with E-state index in [-0.39, 0.29) is 0 Å². The van der Waals surface area contributed by atoms with Crippen LogP contribution in [0.5, 0.6) is 0 Å². The van der Waals surface area contributed by atoms with E-state index in [1.54, 1.807) is 51.4 Å². The second-order valence-corrected chi connectivity index (χ2v) is 4.77. The molecule has 0 radical (unpaired) electrons. The zero-order valence-electron chi connectivity index (χ0n) is 6.66. The van der Waals surface area contributed by atoms with Crippen molar-refractivity contribution in [2.45, 2.75) is 51.4 Å². The van der Waals surface area contributed by atoms with E-state index >= 15 is 0 Å². The fraction of sp³-hybridized carbons (Fsp3) is 1.00. The van der Waals surface area contributed by atoms with E-state index < -0.39 is 0 Å². The lowest BCUT2D eigenvalue weighted by Crippen LogP contribution is -2.42. The molecule has 0 nitrogen and oxygen atoms in total. The van der Waals surface area contributed by atoms with Crippen molar-refractivity contribution in [3.63, 3.8) is 0 Å². The summed E-state index contributed by atoms with van der Waals surface area (Å²) in [6, 6.07) is 0. The van der Waals surface area contributed by atoms with Crippen LogP contribution in [0.15, 0.2) is 0 Å². The van der Waals surface area contributed by atoms with Crippen LogP contribution in [0.25, 0.3) is 0 Å². The minimum Gasteiger partial charge on any atom is -0.0522 e.